The molecule has 1 atom stereocenters. The second kappa shape index (κ2) is 6.16. The third-order valence-electron chi connectivity index (χ3n) is 3.25. The highest BCUT2D eigenvalue weighted by Crippen LogP contribution is 2.33. The first-order chi connectivity index (χ1) is 9.56. The van der Waals surface area contributed by atoms with Gasteiger partial charge in [0.25, 0.3) is 0 Å². The van der Waals surface area contributed by atoms with Crippen molar-refractivity contribution in [2.24, 2.45) is 0 Å². The topological polar surface area (TPSA) is 38.7 Å². The number of rotatable bonds is 4. The number of aliphatic hydroxyl groups excluding tert-OH is 1. The molecule has 0 aliphatic carbocycles. The molecule has 2 aromatic carbocycles. The lowest BCUT2D eigenvalue weighted by atomic mass is 9.97. The largest absolute Gasteiger partial charge is 0.493 e. The van der Waals surface area contributed by atoms with Crippen LogP contribution in [0.25, 0.3) is 0 Å². The fraction of sp³-hybridized carbons (Fsp3) is 0.250. The Bertz CT molecular complexity index is 611. The fourth-order valence-electron chi connectivity index (χ4n) is 2.15. The van der Waals surface area contributed by atoms with Crippen LogP contribution in [0, 0.1) is 6.92 Å². The van der Waals surface area contributed by atoms with Gasteiger partial charge in [-0.3, -0.25) is 0 Å². The number of halogens is 1. The van der Waals surface area contributed by atoms with Gasteiger partial charge in [0.05, 0.1) is 14.2 Å². The molecule has 2 aromatic rings. The number of aryl methyl sites for hydroxylation is 1. The van der Waals surface area contributed by atoms with Crippen LogP contribution in [0.5, 0.6) is 11.5 Å². The quantitative estimate of drug-likeness (QED) is 0.933. The number of hydrogen-bond donors (Lipinski definition) is 1. The summed E-state index contributed by atoms with van der Waals surface area (Å²) < 4.78 is 10.4. The highest BCUT2D eigenvalue weighted by Gasteiger charge is 2.15. The summed E-state index contributed by atoms with van der Waals surface area (Å²) in [6.07, 6.45) is -0.730. The van der Waals surface area contributed by atoms with E-state index in [0.29, 0.717) is 16.5 Å². The summed E-state index contributed by atoms with van der Waals surface area (Å²) in [5, 5.41) is 11.2. The monoisotopic (exact) mass is 292 g/mol. The number of aliphatic hydroxyl groups is 1. The molecule has 0 bridgehead atoms. The molecular formula is C16H17ClO3. The Balaban J connectivity index is 2.40. The number of hydrogen-bond acceptors (Lipinski definition) is 3. The minimum Gasteiger partial charge on any atom is -0.493 e. The first-order valence-corrected chi connectivity index (χ1v) is 6.60. The van der Waals surface area contributed by atoms with Crippen molar-refractivity contribution < 1.29 is 14.6 Å². The third kappa shape index (κ3) is 2.89. The van der Waals surface area contributed by atoms with Crippen molar-refractivity contribution in [3.05, 3.63) is 58.1 Å². The highest BCUT2D eigenvalue weighted by molar-refractivity contribution is 6.30. The normalized spacial score (nSPS) is 12.1. The molecule has 0 aliphatic heterocycles. The fourth-order valence-corrected chi connectivity index (χ4v) is 2.38. The lowest BCUT2D eigenvalue weighted by molar-refractivity contribution is 0.218. The van der Waals surface area contributed by atoms with E-state index in [2.05, 4.69) is 0 Å². The second-order valence-electron chi connectivity index (χ2n) is 4.52. The Labute approximate surface area is 123 Å². The van der Waals surface area contributed by atoms with Crippen molar-refractivity contribution in [3.63, 3.8) is 0 Å². The summed E-state index contributed by atoms with van der Waals surface area (Å²) in [6, 6.07) is 10.8. The van der Waals surface area contributed by atoms with E-state index in [1.165, 1.54) is 0 Å². The van der Waals surface area contributed by atoms with Crippen LogP contribution in [-0.4, -0.2) is 19.3 Å². The standard InChI is InChI=1S/C16H17ClO3/c1-10-8-12(17)5-6-13(10)16(18)11-4-7-14(19-2)15(9-11)20-3/h4-9,16,18H,1-3H3. The van der Waals surface area contributed by atoms with Gasteiger partial charge in [-0.2, -0.15) is 0 Å². The van der Waals surface area contributed by atoms with E-state index in [1.54, 1.807) is 32.4 Å². The lowest BCUT2D eigenvalue weighted by Gasteiger charge is -2.16. The minimum absolute atomic E-state index is 0.593. The van der Waals surface area contributed by atoms with Crippen LogP contribution in [-0.2, 0) is 0 Å². The summed E-state index contributed by atoms with van der Waals surface area (Å²) >= 11 is 5.94. The molecule has 0 saturated heterocycles. The van der Waals surface area contributed by atoms with Crippen LogP contribution in [0.2, 0.25) is 5.02 Å². The molecule has 0 radical (unpaired) electrons. The number of methoxy groups -OCH3 is 2. The molecule has 2 rings (SSSR count). The van der Waals surface area contributed by atoms with Gasteiger partial charge in [0, 0.05) is 5.02 Å². The van der Waals surface area contributed by atoms with E-state index in [0.717, 1.165) is 16.7 Å². The van der Waals surface area contributed by atoms with Crippen LogP contribution >= 0.6 is 11.6 Å². The Kier molecular flexibility index (Phi) is 4.53. The second-order valence-corrected chi connectivity index (χ2v) is 4.95. The van der Waals surface area contributed by atoms with Crippen molar-refractivity contribution in [1.82, 2.24) is 0 Å². The van der Waals surface area contributed by atoms with Crippen LogP contribution in [0.3, 0.4) is 0 Å². The van der Waals surface area contributed by atoms with Crippen LogP contribution < -0.4 is 9.47 Å². The van der Waals surface area contributed by atoms with Gasteiger partial charge in [-0.25, -0.2) is 0 Å². The molecule has 1 unspecified atom stereocenters. The molecule has 106 valence electrons. The van der Waals surface area contributed by atoms with Gasteiger partial charge in [0.1, 0.15) is 6.10 Å². The summed E-state index contributed by atoms with van der Waals surface area (Å²) in [7, 11) is 3.15. The van der Waals surface area contributed by atoms with E-state index in [9.17, 15) is 5.11 Å². The maximum atomic E-state index is 10.5. The molecular weight excluding hydrogens is 276 g/mol. The summed E-state index contributed by atoms with van der Waals surface area (Å²) in [4.78, 5) is 0. The molecule has 0 aliphatic rings. The molecule has 0 aromatic heterocycles. The van der Waals surface area contributed by atoms with Crippen molar-refractivity contribution in [3.8, 4) is 11.5 Å². The molecule has 0 saturated carbocycles. The van der Waals surface area contributed by atoms with Crippen LogP contribution in [0.15, 0.2) is 36.4 Å². The predicted molar refractivity (Wildman–Crippen MR) is 79.8 cm³/mol. The zero-order valence-electron chi connectivity index (χ0n) is 11.7. The van der Waals surface area contributed by atoms with E-state index < -0.39 is 6.10 Å². The van der Waals surface area contributed by atoms with Crippen LogP contribution in [0.4, 0.5) is 0 Å². The highest BCUT2D eigenvalue weighted by atomic mass is 35.5. The van der Waals surface area contributed by atoms with Gasteiger partial charge in [-0.1, -0.05) is 23.7 Å². The van der Waals surface area contributed by atoms with Crippen molar-refractivity contribution in [1.29, 1.82) is 0 Å². The predicted octanol–water partition coefficient (Wildman–Crippen LogP) is 3.75. The Morgan fingerprint density at radius 2 is 1.70 bits per heavy atom. The van der Waals surface area contributed by atoms with Crippen LogP contribution in [0.1, 0.15) is 22.8 Å². The van der Waals surface area contributed by atoms with Crippen molar-refractivity contribution in [2.75, 3.05) is 14.2 Å². The molecule has 0 amide bonds. The molecule has 0 fully saturated rings. The zero-order valence-corrected chi connectivity index (χ0v) is 12.4. The SMILES string of the molecule is COc1ccc(C(O)c2ccc(Cl)cc2C)cc1OC. The average molecular weight is 293 g/mol. The molecule has 0 heterocycles. The first-order valence-electron chi connectivity index (χ1n) is 6.23. The summed E-state index contributed by atoms with van der Waals surface area (Å²) in [5.74, 6) is 1.23. The minimum atomic E-state index is -0.730. The maximum absolute atomic E-state index is 10.5. The zero-order chi connectivity index (χ0) is 14.7. The third-order valence-corrected chi connectivity index (χ3v) is 3.48. The molecule has 1 N–H and O–H groups in total. The summed E-state index contributed by atoms with van der Waals surface area (Å²) in [5.41, 5.74) is 2.51. The Hall–Kier alpha value is -1.71. The van der Waals surface area contributed by atoms with E-state index >= 15 is 0 Å². The van der Waals surface area contributed by atoms with Gasteiger partial charge >= 0.3 is 0 Å². The van der Waals surface area contributed by atoms with Gasteiger partial charge in [-0.15, -0.1) is 0 Å². The van der Waals surface area contributed by atoms with E-state index in [4.69, 9.17) is 21.1 Å². The Morgan fingerprint density at radius 3 is 2.30 bits per heavy atom. The number of benzene rings is 2. The Morgan fingerprint density at radius 1 is 1.00 bits per heavy atom. The van der Waals surface area contributed by atoms with E-state index in [-0.39, 0.29) is 0 Å². The van der Waals surface area contributed by atoms with Crippen molar-refractivity contribution in [2.45, 2.75) is 13.0 Å². The number of ether oxygens (including phenoxy) is 2. The first kappa shape index (κ1) is 14.7. The van der Waals surface area contributed by atoms with Gasteiger partial charge in [0.2, 0.25) is 0 Å². The van der Waals surface area contributed by atoms with Gasteiger partial charge in [0.15, 0.2) is 11.5 Å². The molecule has 20 heavy (non-hydrogen) atoms. The lowest BCUT2D eigenvalue weighted by Crippen LogP contribution is -2.03. The van der Waals surface area contributed by atoms with E-state index in [1.807, 2.05) is 25.1 Å². The molecule has 4 heteroatoms. The van der Waals surface area contributed by atoms with Gasteiger partial charge < -0.3 is 14.6 Å². The average Bonchev–Trinajstić information content (AvgIpc) is 2.45. The molecule has 0 spiro atoms. The van der Waals surface area contributed by atoms with Gasteiger partial charge in [-0.05, 0) is 47.9 Å². The van der Waals surface area contributed by atoms with Crippen molar-refractivity contribution >= 4 is 11.6 Å². The summed E-state index contributed by atoms with van der Waals surface area (Å²) in [6.45, 7) is 1.92. The molecule has 3 nitrogen and oxygen atoms in total. The maximum Gasteiger partial charge on any atom is 0.161 e. The smallest absolute Gasteiger partial charge is 0.161 e.